The van der Waals surface area contributed by atoms with Crippen LogP contribution in [0, 0.1) is 0 Å². The largest absolute Gasteiger partial charge is 0.491 e. The highest BCUT2D eigenvalue weighted by atomic mass is 16.5. The average Bonchev–Trinajstić information content (AvgIpc) is 2.68. The second kappa shape index (κ2) is 8.99. The van der Waals surface area contributed by atoms with E-state index in [2.05, 4.69) is 0 Å². The number of amides is 2. The third-order valence-electron chi connectivity index (χ3n) is 4.82. The van der Waals surface area contributed by atoms with Crippen LogP contribution in [0.3, 0.4) is 0 Å². The Balaban J connectivity index is 1.79. The van der Waals surface area contributed by atoms with Gasteiger partial charge in [-0.05, 0) is 79.6 Å². The van der Waals surface area contributed by atoms with Gasteiger partial charge < -0.3 is 9.47 Å². The van der Waals surface area contributed by atoms with Crippen molar-refractivity contribution in [3.8, 4) is 17.2 Å². The lowest BCUT2D eigenvalue weighted by molar-refractivity contribution is -0.144. The second-order valence-corrected chi connectivity index (χ2v) is 7.59. The fourth-order valence-electron chi connectivity index (χ4n) is 3.48. The SMILES string of the molecule is CC(=O)N(C(C)=O)C(C)c1ccc2cc(Oc3ccc(OC(C)C)cc3)ccc2c1. The predicted molar refractivity (Wildman–Crippen MR) is 118 cm³/mol. The summed E-state index contributed by atoms with van der Waals surface area (Å²) in [5, 5.41) is 2.03. The van der Waals surface area contributed by atoms with E-state index in [0.29, 0.717) is 0 Å². The molecule has 0 aromatic heterocycles. The van der Waals surface area contributed by atoms with E-state index in [0.717, 1.165) is 33.6 Å². The van der Waals surface area contributed by atoms with E-state index in [-0.39, 0.29) is 24.0 Å². The number of hydrogen-bond acceptors (Lipinski definition) is 4. The standard InChI is InChI=1S/C25H27NO4/c1-16(2)29-23-10-12-24(13-11-23)30-25-9-8-21-14-20(6-7-22(21)15-25)17(3)26(18(4)27)19(5)28/h6-17H,1-5H3. The molecule has 0 spiro atoms. The molecule has 1 unspecified atom stereocenters. The molecule has 0 saturated carbocycles. The van der Waals surface area contributed by atoms with Crippen LogP contribution in [-0.2, 0) is 9.59 Å². The minimum absolute atomic E-state index is 0.128. The smallest absolute Gasteiger partial charge is 0.226 e. The molecule has 0 fully saturated rings. The Hall–Kier alpha value is -3.34. The topological polar surface area (TPSA) is 55.8 Å². The summed E-state index contributed by atoms with van der Waals surface area (Å²) in [6.45, 7) is 8.65. The van der Waals surface area contributed by atoms with Crippen molar-refractivity contribution in [2.24, 2.45) is 0 Å². The molecule has 3 rings (SSSR count). The number of benzene rings is 3. The van der Waals surface area contributed by atoms with Gasteiger partial charge in [-0.15, -0.1) is 0 Å². The van der Waals surface area contributed by atoms with Crippen LogP contribution in [0.2, 0.25) is 0 Å². The van der Waals surface area contributed by atoms with E-state index in [1.165, 1.54) is 18.7 Å². The summed E-state index contributed by atoms with van der Waals surface area (Å²) in [7, 11) is 0. The summed E-state index contributed by atoms with van der Waals surface area (Å²) in [4.78, 5) is 24.9. The molecule has 5 nitrogen and oxygen atoms in total. The molecule has 0 aliphatic carbocycles. The molecule has 0 heterocycles. The number of carbonyl (C=O) groups is 2. The monoisotopic (exact) mass is 405 g/mol. The predicted octanol–water partition coefficient (Wildman–Crippen LogP) is 5.88. The highest BCUT2D eigenvalue weighted by Crippen LogP contribution is 2.30. The van der Waals surface area contributed by atoms with E-state index in [9.17, 15) is 9.59 Å². The number of hydrogen-bond donors (Lipinski definition) is 0. The third kappa shape index (κ3) is 4.98. The van der Waals surface area contributed by atoms with Crippen molar-refractivity contribution in [1.29, 1.82) is 0 Å². The Kier molecular flexibility index (Phi) is 6.40. The van der Waals surface area contributed by atoms with E-state index in [1.54, 1.807) is 0 Å². The lowest BCUT2D eigenvalue weighted by atomic mass is 10.0. The van der Waals surface area contributed by atoms with Crippen molar-refractivity contribution in [3.05, 3.63) is 66.2 Å². The molecule has 0 radical (unpaired) electrons. The summed E-state index contributed by atoms with van der Waals surface area (Å²) in [6, 6.07) is 19.0. The van der Waals surface area contributed by atoms with Gasteiger partial charge in [-0.3, -0.25) is 14.5 Å². The van der Waals surface area contributed by atoms with E-state index in [4.69, 9.17) is 9.47 Å². The fraction of sp³-hybridized carbons (Fsp3) is 0.280. The molecule has 0 N–H and O–H groups in total. The van der Waals surface area contributed by atoms with Gasteiger partial charge in [0.25, 0.3) is 0 Å². The number of carbonyl (C=O) groups excluding carboxylic acids is 2. The number of rotatable bonds is 6. The molecule has 0 saturated heterocycles. The van der Waals surface area contributed by atoms with Crippen LogP contribution in [0.15, 0.2) is 60.7 Å². The summed E-state index contributed by atoms with van der Waals surface area (Å²) in [5.74, 6) is 1.75. The summed E-state index contributed by atoms with van der Waals surface area (Å²) >= 11 is 0. The normalized spacial score (nSPS) is 11.9. The molecule has 30 heavy (non-hydrogen) atoms. The number of imide groups is 1. The van der Waals surface area contributed by atoms with Crippen LogP contribution >= 0.6 is 0 Å². The van der Waals surface area contributed by atoms with Gasteiger partial charge in [0.15, 0.2) is 0 Å². The van der Waals surface area contributed by atoms with Gasteiger partial charge in [-0.1, -0.05) is 18.2 Å². The fourth-order valence-corrected chi connectivity index (χ4v) is 3.48. The first-order valence-electron chi connectivity index (χ1n) is 10.0. The van der Waals surface area contributed by atoms with Crippen molar-refractivity contribution in [1.82, 2.24) is 4.90 Å². The lowest BCUT2D eigenvalue weighted by Gasteiger charge is -2.25. The zero-order chi connectivity index (χ0) is 21.8. The van der Waals surface area contributed by atoms with Crippen molar-refractivity contribution in [3.63, 3.8) is 0 Å². The first-order chi connectivity index (χ1) is 14.2. The Morgan fingerprint density at radius 1 is 0.733 bits per heavy atom. The minimum Gasteiger partial charge on any atom is -0.491 e. The third-order valence-corrected chi connectivity index (χ3v) is 4.82. The van der Waals surface area contributed by atoms with Crippen LogP contribution in [0.5, 0.6) is 17.2 Å². The summed E-state index contributed by atoms with van der Waals surface area (Å²) < 4.78 is 11.6. The summed E-state index contributed by atoms with van der Waals surface area (Å²) in [6.07, 6.45) is 0.128. The Bertz CT molecular complexity index is 1040. The highest BCUT2D eigenvalue weighted by molar-refractivity contribution is 5.93. The molecular formula is C25H27NO4. The van der Waals surface area contributed by atoms with Crippen molar-refractivity contribution >= 4 is 22.6 Å². The summed E-state index contributed by atoms with van der Waals surface area (Å²) in [5.41, 5.74) is 0.905. The second-order valence-electron chi connectivity index (χ2n) is 7.59. The molecule has 156 valence electrons. The first kappa shape index (κ1) is 21.4. The van der Waals surface area contributed by atoms with Crippen molar-refractivity contribution in [2.75, 3.05) is 0 Å². The van der Waals surface area contributed by atoms with Gasteiger partial charge in [0, 0.05) is 13.8 Å². The lowest BCUT2D eigenvalue weighted by Crippen LogP contribution is -2.35. The Labute approximate surface area is 177 Å². The van der Waals surface area contributed by atoms with Gasteiger partial charge in [-0.2, -0.15) is 0 Å². The van der Waals surface area contributed by atoms with Gasteiger partial charge in [0.2, 0.25) is 11.8 Å². The van der Waals surface area contributed by atoms with Gasteiger partial charge in [0.05, 0.1) is 12.1 Å². The molecular weight excluding hydrogens is 378 g/mol. The van der Waals surface area contributed by atoms with E-state index < -0.39 is 0 Å². The van der Waals surface area contributed by atoms with E-state index in [1.807, 2.05) is 81.4 Å². The molecule has 3 aromatic carbocycles. The maximum atomic E-state index is 11.8. The Morgan fingerprint density at radius 2 is 1.27 bits per heavy atom. The zero-order valence-electron chi connectivity index (χ0n) is 18.0. The maximum absolute atomic E-state index is 11.8. The van der Waals surface area contributed by atoms with Gasteiger partial charge in [-0.25, -0.2) is 0 Å². The molecule has 3 aromatic rings. The highest BCUT2D eigenvalue weighted by Gasteiger charge is 2.22. The number of fused-ring (bicyclic) bond motifs is 1. The van der Waals surface area contributed by atoms with Gasteiger partial charge in [0.1, 0.15) is 17.2 Å². The quantitative estimate of drug-likeness (QED) is 0.514. The van der Waals surface area contributed by atoms with Gasteiger partial charge >= 0.3 is 0 Å². The minimum atomic E-state index is -0.327. The molecule has 2 amide bonds. The van der Waals surface area contributed by atoms with Crippen LogP contribution in [0.1, 0.15) is 46.2 Å². The molecule has 1 atom stereocenters. The van der Waals surface area contributed by atoms with Crippen LogP contribution in [-0.4, -0.2) is 22.8 Å². The number of ether oxygens (including phenoxy) is 2. The average molecular weight is 405 g/mol. The van der Waals surface area contributed by atoms with E-state index >= 15 is 0 Å². The number of nitrogens with zero attached hydrogens (tertiary/aromatic N) is 1. The molecule has 0 aliphatic rings. The van der Waals surface area contributed by atoms with Crippen molar-refractivity contribution in [2.45, 2.75) is 46.8 Å². The van der Waals surface area contributed by atoms with Crippen LogP contribution in [0.25, 0.3) is 10.8 Å². The molecule has 0 bridgehead atoms. The van der Waals surface area contributed by atoms with Crippen LogP contribution < -0.4 is 9.47 Å². The van der Waals surface area contributed by atoms with Crippen molar-refractivity contribution < 1.29 is 19.1 Å². The maximum Gasteiger partial charge on any atom is 0.226 e. The Morgan fingerprint density at radius 3 is 1.87 bits per heavy atom. The molecule has 5 heteroatoms. The zero-order valence-corrected chi connectivity index (χ0v) is 18.0. The van der Waals surface area contributed by atoms with Crippen LogP contribution in [0.4, 0.5) is 0 Å². The first-order valence-corrected chi connectivity index (χ1v) is 10.0. The molecule has 0 aliphatic heterocycles.